The van der Waals surface area contributed by atoms with Crippen molar-refractivity contribution in [2.75, 3.05) is 23.2 Å². The van der Waals surface area contributed by atoms with Gasteiger partial charge in [-0.2, -0.15) is 0 Å². The number of rotatable bonds is 6. The Hall–Kier alpha value is -4.00. The number of para-hydroxylation sites is 2. The number of nitrogens with two attached hydrogens (primary N) is 1. The summed E-state index contributed by atoms with van der Waals surface area (Å²) in [4.78, 5) is 24.6. The van der Waals surface area contributed by atoms with Gasteiger partial charge in [0.05, 0.1) is 11.4 Å². The molecule has 0 radical (unpaired) electrons. The molecule has 0 saturated carbocycles. The number of nitrogen functional groups attached to an aromatic ring is 1. The first-order chi connectivity index (χ1) is 14.9. The summed E-state index contributed by atoms with van der Waals surface area (Å²) < 4.78 is 10.8. The molecule has 3 aromatic carbocycles. The molecule has 0 aliphatic carbocycles. The summed E-state index contributed by atoms with van der Waals surface area (Å²) in [5, 5.41) is 6.18. The van der Waals surface area contributed by atoms with Gasteiger partial charge in [0.15, 0.2) is 17.3 Å². The summed E-state index contributed by atoms with van der Waals surface area (Å²) in [5.74, 6) is 0.865. The maximum Gasteiger partial charge on any atom is 0.255 e. The summed E-state index contributed by atoms with van der Waals surface area (Å²) in [5.41, 5.74) is 9.66. The van der Waals surface area contributed by atoms with Gasteiger partial charge in [-0.3, -0.25) is 9.59 Å². The molecule has 1 aliphatic heterocycles. The van der Waals surface area contributed by atoms with E-state index in [1.54, 1.807) is 36.4 Å². The maximum absolute atomic E-state index is 12.5. The number of ketones is 1. The number of anilines is 3. The highest BCUT2D eigenvalue weighted by Gasteiger charge is 2.20. The van der Waals surface area contributed by atoms with Gasteiger partial charge in [-0.1, -0.05) is 24.3 Å². The zero-order valence-electron chi connectivity index (χ0n) is 17.3. The molecular weight excluding hydrogens is 394 g/mol. The molecule has 1 heterocycles. The lowest BCUT2D eigenvalue weighted by atomic mass is 10.0. The number of hydrogen-bond donors (Lipinski definition) is 3. The van der Waals surface area contributed by atoms with Crippen LogP contribution >= 0.6 is 0 Å². The van der Waals surface area contributed by atoms with Gasteiger partial charge in [-0.25, -0.2) is 0 Å². The monoisotopic (exact) mass is 417 g/mol. The Bertz CT molecular complexity index is 1140. The number of carbonyl (C=O) groups is 2. The Kier molecular flexibility index (Phi) is 5.49. The van der Waals surface area contributed by atoms with E-state index in [0.29, 0.717) is 39.7 Å². The molecule has 4 rings (SSSR count). The molecule has 0 saturated heterocycles. The predicted octanol–water partition coefficient (Wildman–Crippen LogP) is 4.63. The first kappa shape index (κ1) is 20.3. The van der Waals surface area contributed by atoms with Crippen molar-refractivity contribution in [3.8, 4) is 11.5 Å². The summed E-state index contributed by atoms with van der Waals surface area (Å²) in [6, 6.07) is 17.7. The van der Waals surface area contributed by atoms with Crippen LogP contribution in [0, 0.1) is 0 Å². The second-order valence-corrected chi connectivity index (χ2v) is 7.34. The predicted molar refractivity (Wildman–Crippen MR) is 120 cm³/mol. The second kappa shape index (κ2) is 8.39. The fourth-order valence-electron chi connectivity index (χ4n) is 3.40. The number of benzene rings is 3. The van der Waals surface area contributed by atoms with Gasteiger partial charge in [-0.15, -0.1) is 0 Å². The lowest BCUT2D eigenvalue weighted by molar-refractivity contribution is 0.101. The van der Waals surface area contributed by atoms with Crippen LogP contribution in [-0.4, -0.2) is 18.5 Å². The van der Waals surface area contributed by atoms with Crippen LogP contribution in [-0.2, 0) is 0 Å². The molecule has 158 valence electrons. The third-order valence-corrected chi connectivity index (χ3v) is 5.15. The number of fused-ring (bicyclic) bond motifs is 1. The Morgan fingerprint density at radius 1 is 0.968 bits per heavy atom. The first-order valence-corrected chi connectivity index (χ1v) is 9.89. The second-order valence-electron chi connectivity index (χ2n) is 7.34. The lowest BCUT2D eigenvalue weighted by Gasteiger charge is -2.18. The number of ether oxygens (including phenoxy) is 2. The van der Waals surface area contributed by atoms with E-state index in [1.165, 1.54) is 6.92 Å². The van der Waals surface area contributed by atoms with Crippen molar-refractivity contribution in [2.24, 2.45) is 0 Å². The van der Waals surface area contributed by atoms with Gasteiger partial charge >= 0.3 is 0 Å². The number of nitrogens with one attached hydrogen (secondary N) is 2. The van der Waals surface area contributed by atoms with Crippen LogP contribution in [0.2, 0.25) is 0 Å². The van der Waals surface area contributed by atoms with Crippen molar-refractivity contribution in [1.29, 1.82) is 0 Å². The SMILES string of the molecule is CC(=O)c1cc2c(cc1NC(C)c1ccc(C(=O)Nc3ccccc3N)cc1)OCO2. The molecule has 1 atom stereocenters. The minimum absolute atomic E-state index is 0.0693. The van der Waals surface area contributed by atoms with E-state index in [-0.39, 0.29) is 24.5 Å². The maximum atomic E-state index is 12.5. The summed E-state index contributed by atoms with van der Waals surface area (Å²) in [7, 11) is 0. The van der Waals surface area contributed by atoms with Crippen LogP contribution in [0.15, 0.2) is 60.7 Å². The molecule has 3 aromatic rings. The molecular formula is C24H23N3O4. The van der Waals surface area contributed by atoms with E-state index >= 15 is 0 Å². The molecule has 0 bridgehead atoms. The highest BCUT2D eigenvalue weighted by atomic mass is 16.7. The fraction of sp³-hybridized carbons (Fsp3) is 0.167. The van der Waals surface area contributed by atoms with Gasteiger partial charge in [0, 0.05) is 28.9 Å². The van der Waals surface area contributed by atoms with Crippen molar-refractivity contribution in [3.63, 3.8) is 0 Å². The van der Waals surface area contributed by atoms with Crippen LogP contribution in [0.1, 0.15) is 46.2 Å². The number of Topliss-reactive ketones (excluding diaryl/α,β-unsaturated/α-hetero) is 1. The van der Waals surface area contributed by atoms with Crippen LogP contribution < -0.4 is 25.8 Å². The minimum Gasteiger partial charge on any atom is -0.454 e. The molecule has 1 aliphatic rings. The molecule has 31 heavy (non-hydrogen) atoms. The van der Waals surface area contributed by atoms with Crippen LogP contribution in [0.25, 0.3) is 0 Å². The Morgan fingerprint density at radius 2 is 1.65 bits per heavy atom. The van der Waals surface area contributed by atoms with Gasteiger partial charge in [0.25, 0.3) is 5.91 Å². The number of carbonyl (C=O) groups excluding carboxylic acids is 2. The fourth-order valence-corrected chi connectivity index (χ4v) is 3.40. The zero-order chi connectivity index (χ0) is 22.0. The lowest BCUT2D eigenvalue weighted by Crippen LogP contribution is -2.14. The summed E-state index contributed by atoms with van der Waals surface area (Å²) in [6.45, 7) is 3.64. The smallest absolute Gasteiger partial charge is 0.255 e. The van der Waals surface area contributed by atoms with E-state index in [2.05, 4.69) is 10.6 Å². The number of amides is 1. The van der Waals surface area contributed by atoms with Crippen molar-refractivity contribution < 1.29 is 19.1 Å². The van der Waals surface area contributed by atoms with Gasteiger partial charge in [0.2, 0.25) is 6.79 Å². The van der Waals surface area contributed by atoms with E-state index in [1.807, 2.05) is 31.2 Å². The molecule has 7 heteroatoms. The molecule has 0 spiro atoms. The van der Waals surface area contributed by atoms with E-state index in [4.69, 9.17) is 15.2 Å². The minimum atomic E-state index is -0.236. The van der Waals surface area contributed by atoms with Crippen LogP contribution in [0.4, 0.5) is 17.1 Å². The Labute approximate surface area is 180 Å². The highest BCUT2D eigenvalue weighted by molar-refractivity contribution is 6.05. The molecule has 7 nitrogen and oxygen atoms in total. The van der Waals surface area contributed by atoms with Crippen LogP contribution in [0.3, 0.4) is 0 Å². The molecule has 0 fully saturated rings. The first-order valence-electron chi connectivity index (χ1n) is 9.89. The van der Waals surface area contributed by atoms with Gasteiger partial charge in [-0.05, 0) is 49.7 Å². The normalized spacial score (nSPS) is 12.8. The average Bonchev–Trinajstić information content (AvgIpc) is 3.22. The van der Waals surface area contributed by atoms with Gasteiger partial charge in [0.1, 0.15) is 0 Å². The Balaban J connectivity index is 1.49. The Morgan fingerprint density at radius 3 is 2.32 bits per heavy atom. The third-order valence-electron chi connectivity index (χ3n) is 5.15. The van der Waals surface area contributed by atoms with E-state index in [0.717, 1.165) is 5.56 Å². The molecule has 4 N–H and O–H groups in total. The zero-order valence-corrected chi connectivity index (χ0v) is 17.3. The third kappa shape index (κ3) is 4.30. The topological polar surface area (TPSA) is 103 Å². The van der Waals surface area contributed by atoms with Gasteiger partial charge < -0.3 is 25.8 Å². The highest BCUT2D eigenvalue weighted by Crippen LogP contribution is 2.38. The summed E-state index contributed by atoms with van der Waals surface area (Å²) >= 11 is 0. The number of hydrogen-bond acceptors (Lipinski definition) is 6. The standard InChI is InChI=1S/C24H23N3O4/c1-14(26-21-12-23-22(30-13-31-23)11-18(21)15(2)28)16-7-9-17(10-8-16)24(29)27-20-6-4-3-5-19(20)25/h3-12,14,26H,13,25H2,1-2H3,(H,27,29). The quantitative estimate of drug-likeness (QED) is 0.399. The van der Waals surface area contributed by atoms with E-state index in [9.17, 15) is 9.59 Å². The van der Waals surface area contributed by atoms with Crippen LogP contribution in [0.5, 0.6) is 11.5 Å². The van der Waals surface area contributed by atoms with Crippen molar-refractivity contribution >= 4 is 28.8 Å². The van der Waals surface area contributed by atoms with Crippen molar-refractivity contribution in [3.05, 3.63) is 77.4 Å². The van der Waals surface area contributed by atoms with Crippen molar-refractivity contribution in [1.82, 2.24) is 0 Å². The average molecular weight is 417 g/mol. The molecule has 1 unspecified atom stereocenters. The van der Waals surface area contributed by atoms with Crippen molar-refractivity contribution in [2.45, 2.75) is 19.9 Å². The molecule has 0 aromatic heterocycles. The molecule has 1 amide bonds. The largest absolute Gasteiger partial charge is 0.454 e. The van der Waals surface area contributed by atoms with E-state index < -0.39 is 0 Å². The summed E-state index contributed by atoms with van der Waals surface area (Å²) in [6.07, 6.45) is 0.